The van der Waals surface area contributed by atoms with Crippen LogP contribution < -0.4 is 5.32 Å². The van der Waals surface area contributed by atoms with Crippen LogP contribution in [-0.2, 0) is 0 Å². The van der Waals surface area contributed by atoms with E-state index in [1.54, 1.807) is 0 Å². The molecule has 5 aromatic carbocycles. The van der Waals surface area contributed by atoms with Crippen molar-refractivity contribution in [1.29, 1.82) is 0 Å². The first-order chi connectivity index (χ1) is 17.8. The van der Waals surface area contributed by atoms with Gasteiger partial charge in [-0.3, -0.25) is 4.98 Å². The van der Waals surface area contributed by atoms with E-state index in [2.05, 4.69) is 120 Å². The lowest BCUT2D eigenvalue weighted by Crippen LogP contribution is -2.14. The molecule has 2 heterocycles. The molecule has 0 aliphatic carbocycles. The minimum absolute atomic E-state index is 0.837. The van der Waals surface area contributed by atoms with E-state index in [0.29, 0.717) is 0 Å². The lowest BCUT2D eigenvalue weighted by Gasteiger charge is -2.16. The molecule has 0 fully saturated rings. The minimum atomic E-state index is 0.837. The second-order valence-electron chi connectivity index (χ2n) is 9.25. The van der Waals surface area contributed by atoms with E-state index in [-0.39, 0.29) is 0 Å². The normalized spacial score (nSPS) is 13.2. The van der Waals surface area contributed by atoms with Gasteiger partial charge in [0.2, 0.25) is 0 Å². The van der Waals surface area contributed by atoms with Crippen molar-refractivity contribution in [3.8, 4) is 22.4 Å². The summed E-state index contributed by atoms with van der Waals surface area (Å²) in [6.07, 6.45) is 8.25. The average Bonchev–Trinajstić information content (AvgIpc) is 2.98. The van der Waals surface area contributed by atoms with Crippen molar-refractivity contribution >= 4 is 38.0 Å². The highest BCUT2D eigenvalue weighted by Crippen LogP contribution is 2.38. The van der Waals surface area contributed by atoms with Crippen LogP contribution in [0.5, 0.6) is 0 Å². The Balaban J connectivity index is 1.49. The lowest BCUT2D eigenvalue weighted by atomic mass is 9.91. The van der Waals surface area contributed by atoms with Crippen LogP contribution in [0.2, 0.25) is 0 Å². The summed E-state index contributed by atoms with van der Waals surface area (Å²) in [7, 11) is 0. The Morgan fingerprint density at radius 2 is 1.17 bits per heavy atom. The van der Waals surface area contributed by atoms with Gasteiger partial charge >= 0.3 is 0 Å². The summed E-state index contributed by atoms with van der Waals surface area (Å²) >= 11 is 0. The Hall–Kier alpha value is -4.69. The van der Waals surface area contributed by atoms with Crippen molar-refractivity contribution in [2.75, 3.05) is 6.54 Å². The number of hydrogen-bond donors (Lipinski definition) is 1. The molecule has 0 radical (unpaired) electrons. The summed E-state index contributed by atoms with van der Waals surface area (Å²) in [5.74, 6) is 0. The van der Waals surface area contributed by atoms with E-state index >= 15 is 0 Å². The Bertz CT molecular complexity index is 1790. The smallest absolute Gasteiger partial charge is 0.0702 e. The number of pyridine rings is 1. The maximum absolute atomic E-state index is 4.64. The molecule has 170 valence electrons. The molecule has 7 rings (SSSR count). The Kier molecular flexibility index (Phi) is 4.89. The molecule has 1 aromatic heterocycles. The number of fused-ring (bicyclic) bond motifs is 6. The van der Waals surface area contributed by atoms with Gasteiger partial charge in [-0.2, -0.15) is 0 Å². The third kappa shape index (κ3) is 3.47. The van der Waals surface area contributed by atoms with Crippen molar-refractivity contribution in [2.24, 2.45) is 0 Å². The molecule has 0 unspecified atom stereocenters. The van der Waals surface area contributed by atoms with Gasteiger partial charge in [0.05, 0.1) is 5.69 Å². The monoisotopic (exact) mass is 460 g/mol. The molecule has 0 atom stereocenters. The van der Waals surface area contributed by atoms with Crippen molar-refractivity contribution in [3.63, 3.8) is 0 Å². The molecule has 0 amide bonds. The summed E-state index contributed by atoms with van der Waals surface area (Å²) < 4.78 is 0. The fraction of sp³-hybridized carbons (Fsp3) is 0.0294. The molecule has 1 N–H and O–H groups in total. The molecule has 0 spiro atoms. The van der Waals surface area contributed by atoms with Crippen LogP contribution in [0.25, 0.3) is 60.4 Å². The number of benzene rings is 5. The van der Waals surface area contributed by atoms with Gasteiger partial charge in [-0.25, -0.2) is 0 Å². The average molecular weight is 461 g/mol. The highest BCUT2D eigenvalue weighted by molar-refractivity contribution is 6.25. The topological polar surface area (TPSA) is 24.9 Å². The van der Waals surface area contributed by atoms with Crippen molar-refractivity contribution in [1.82, 2.24) is 10.3 Å². The lowest BCUT2D eigenvalue weighted by molar-refractivity contribution is 0.996. The molecule has 6 aromatic rings. The first-order valence-corrected chi connectivity index (χ1v) is 12.4. The third-order valence-electron chi connectivity index (χ3n) is 7.09. The third-order valence-corrected chi connectivity index (χ3v) is 7.09. The highest BCUT2D eigenvalue weighted by atomic mass is 14.9. The number of nitrogens with zero attached hydrogens (tertiary/aromatic N) is 1. The number of hydrogen-bond acceptors (Lipinski definition) is 2. The zero-order valence-corrected chi connectivity index (χ0v) is 19.8. The predicted molar refractivity (Wildman–Crippen MR) is 153 cm³/mol. The molecule has 0 saturated heterocycles. The van der Waals surface area contributed by atoms with Crippen LogP contribution >= 0.6 is 0 Å². The highest BCUT2D eigenvalue weighted by Gasteiger charge is 2.13. The van der Waals surface area contributed by atoms with Gasteiger partial charge in [0.15, 0.2) is 0 Å². The van der Waals surface area contributed by atoms with Crippen LogP contribution in [0.1, 0.15) is 5.56 Å². The Morgan fingerprint density at radius 3 is 1.83 bits per heavy atom. The maximum atomic E-state index is 4.64. The zero-order valence-electron chi connectivity index (χ0n) is 19.8. The van der Waals surface area contributed by atoms with Crippen LogP contribution in [0, 0.1) is 0 Å². The molecule has 0 saturated carbocycles. The Labute approximate surface area is 210 Å². The van der Waals surface area contributed by atoms with Gasteiger partial charge in [0.25, 0.3) is 0 Å². The van der Waals surface area contributed by atoms with Crippen molar-refractivity contribution in [2.45, 2.75) is 0 Å². The van der Waals surface area contributed by atoms with Crippen LogP contribution in [0.15, 0.2) is 128 Å². The van der Waals surface area contributed by atoms with Gasteiger partial charge in [0.1, 0.15) is 0 Å². The summed E-state index contributed by atoms with van der Waals surface area (Å²) in [5.41, 5.74) is 6.78. The second-order valence-corrected chi connectivity index (χ2v) is 9.25. The zero-order chi connectivity index (χ0) is 23.9. The number of nitrogens with one attached hydrogen (secondary N) is 1. The fourth-order valence-corrected chi connectivity index (χ4v) is 5.38. The molecule has 2 heteroatoms. The predicted octanol–water partition coefficient (Wildman–Crippen LogP) is 8.38. The largest absolute Gasteiger partial charge is 0.381 e. The molecular weight excluding hydrogens is 436 g/mol. The number of dihydropyridines is 1. The van der Waals surface area contributed by atoms with Crippen LogP contribution in [0.3, 0.4) is 0 Å². The summed E-state index contributed by atoms with van der Waals surface area (Å²) in [5, 5.41) is 11.3. The van der Waals surface area contributed by atoms with E-state index in [1.807, 2.05) is 18.3 Å². The maximum Gasteiger partial charge on any atom is 0.0702 e. The fourth-order valence-electron chi connectivity index (χ4n) is 5.38. The van der Waals surface area contributed by atoms with Gasteiger partial charge < -0.3 is 5.32 Å². The van der Waals surface area contributed by atoms with E-state index in [0.717, 1.165) is 23.5 Å². The SMILES string of the molecule is C1=CCNC(c2cc(-c3ccc4c5ccccc5c5ccccc5c4c3)cc(-c3ccccn3)c2)=C1. The first kappa shape index (κ1) is 20.7. The van der Waals surface area contributed by atoms with Gasteiger partial charge in [0, 0.05) is 24.0 Å². The molecule has 36 heavy (non-hydrogen) atoms. The minimum Gasteiger partial charge on any atom is -0.381 e. The Morgan fingerprint density at radius 1 is 0.528 bits per heavy atom. The van der Waals surface area contributed by atoms with E-state index in [9.17, 15) is 0 Å². The number of rotatable bonds is 3. The van der Waals surface area contributed by atoms with Gasteiger partial charge in [-0.1, -0.05) is 78.9 Å². The second kappa shape index (κ2) is 8.51. The molecular formula is C34H24N2. The number of aromatic nitrogens is 1. The van der Waals surface area contributed by atoms with Crippen LogP contribution in [-0.4, -0.2) is 11.5 Å². The summed E-state index contributed by atoms with van der Waals surface area (Å²) in [6.45, 7) is 0.837. The van der Waals surface area contributed by atoms with E-state index in [4.69, 9.17) is 0 Å². The van der Waals surface area contributed by atoms with Crippen molar-refractivity contribution < 1.29 is 0 Å². The number of allylic oxidation sites excluding steroid dienone is 2. The van der Waals surface area contributed by atoms with Gasteiger partial charge in [-0.05, 0) is 91.5 Å². The summed E-state index contributed by atoms with van der Waals surface area (Å²) in [4.78, 5) is 4.64. The molecule has 0 bridgehead atoms. The van der Waals surface area contributed by atoms with E-state index in [1.165, 1.54) is 49.0 Å². The first-order valence-electron chi connectivity index (χ1n) is 12.4. The summed E-state index contributed by atoms with van der Waals surface area (Å²) in [6, 6.07) is 37.2. The molecule has 2 nitrogen and oxygen atoms in total. The van der Waals surface area contributed by atoms with E-state index < -0.39 is 0 Å². The standard InChI is InChI=1S/C34H24N2/c1-2-11-29-27(9-1)28-10-3-4-12-30(28)32-22-23(15-16-31(29)32)24-19-25(33-13-5-7-17-35-33)21-26(20-24)34-14-6-8-18-36-34/h1-17,19-22,36H,18H2. The quantitative estimate of drug-likeness (QED) is 0.268. The molecule has 1 aliphatic rings. The van der Waals surface area contributed by atoms with Crippen molar-refractivity contribution in [3.05, 3.63) is 133 Å². The van der Waals surface area contributed by atoms with Gasteiger partial charge in [-0.15, -0.1) is 0 Å². The molecule has 1 aliphatic heterocycles. The van der Waals surface area contributed by atoms with Crippen LogP contribution in [0.4, 0.5) is 0 Å².